The van der Waals surface area contributed by atoms with Gasteiger partial charge in [0.1, 0.15) is 0 Å². The molecule has 1 aromatic carbocycles. The smallest absolute Gasteiger partial charge is 0.270 e. The van der Waals surface area contributed by atoms with E-state index in [0.717, 1.165) is 4.31 Å². The minimum atomic E-state index is -3.40. The van der Waals surface area contributed by atoms with E-state index in [2.05, 4.69) is 10.8 Å². The van der Waals surface area contributed by atoms with E-state index in [-0.39, 0.29) is 0 Å². The van der Waals surface area contributed by atoms with Crippen LogP contribution in [-0.2, 0) is 10.2 Å². The molecule has 0 unspecified atom stereocenters. The highest BCUT2D eigenvalue weighted by atomic mass is 32.2. The lowest BCUT2D eigenvalue weighted by Gasteiger charge is -2.12. The Hall–Kier alpha value is -1.07. The van der Waals surface area contributed by atoms with E-state index in [0.29, 0.717) is 5.69 Å². The Morgan fingerprint density at radius 3 is 2.54 bits per heavy atom. The number of benzene rings is 1. The molecule has 1 rings (SSSR count). The van der Waals surface area contributed by atoms with Crippen LogP contribution in [0.3, 0.4) is 0 Å². The first-order valence-electron chi connectivity index (χ1n) is 3.69. The minimum absolute atomic E-state index is 0.441. The van der Waals surface area contributed by atoms with Gasteiger partial charge in [-0.25, -0.2) is 0 Å². The topological polar surface area (TPSA) is 49.4 Å². The number of para-hydroxylation sites is 1. The van der Waals surface area contributed by atoms with Gasteiger partial charge >= 0.3 is 10.2 Å². The number of hydrogen-bond donors (Lipinski definition) is 1. The van der Waals surface area contributed by atoms with E-state index in [1.54, 1.807) is 24.3 Å². The van der Waals surface area contributed by atoms with Crippen LogP contribution in [0, 0.1) is 6.07 Å². The van der Waals surface area contributed by atoms with Crippen LogP contribution in [0.4, 0.5) is 5.69 Å². The molecule has 0 aliphatic rings. The molecule has 5 heteroatoms. The van der Waals surface area contributed by atoms with Crippen LogP contribution in [0.5, 0.6) is 0 Å². The molecular formula is C8H11N2O2S. The summed E-state index contributed by atoms with van der Waals surface area (Å²) in [6.07, 6.45) is 0. The van der Waals surface area contributed by atoms with Crippen molar-refractivity contribution < 1.29 is 8.42 Å². The monoisotopic (exact) mass is 199 g/mol. The molecule has 0 aromatic heterocycles. The fraction of sp³-hybridized carbons (Fsp3) is 0.250. The average molecular weight is 199 g/mol. The molecule has 4 nitrogen and oxygen atoms in total. The molecule has 1 aromatic rings. The molecule has 0 aliphatic heterocycles. The Morgan fingerprint density at radius 2 is 2.08 bits per heavy atom. The number of hydrogen-bond acceptors (Lipinski definition) is 2. The zero-order chi connectivity index (χ0) is 9.90. The molecule has 0 saturated carbocycles. The third kappa shape index (κ3) is 2.71. The van der Waals surface area contributed by atoms with Gasteiger partial charge in [0, 0.05) is 20.2 Å². The maximum absolute atomic E-state index is 11.3. The maximum Gasteiger partial charge on any atom is 0.301 e. The number of rotatable bonds is 3. The Kier molecular flexibility index (Phi) is 2.90. The minimum Gasteiger partial charge on any atom is -0.270 e. The van der Waals surface area contributed by atoms with Crippen molar-refractivity contribution in [1.82, 2.24) is 4.31 Å². The highest BCUT2D eigenvalue weighted by Gasteiger charge is 2.11. The van der Waals surface area contributed by atoms with Gasteiger partial charge in [0.15, 0.2) is 0 Å². The van der Waals surface area contributed by atoms with Crippen molar-refractivity contribution in [2.24, 2.45) is 0 Å². The van der Waals surface area contributed by atoms with Crippen molar-refractivity contribution in [2.75, 3.05) is 18.8 Å². The molecule has 0 spiro atoms. The Labute approximate surface area is 78.4 Å². The second-order valence-electron chi connectivity index (χ2n) is 2.67. The van der Waals surface area contributed by atoms with Gasteiger partial charge in [-0.1, -0.05) is 18.2 Å². The molecule has 71 valence electrons. The van der Waals surface area contributed by atoms with Crippen molar-refractivity contribution in [3.63, 3.8) is 0 Å². The van der Waals surface area contributed by atoms with Gasteiger partial charge in [-0.2, -0.15) is 12.7 Å². The molecule has 0 aliphatic carbocycles. The van der Waals surface area contributed by atoms with Crippen molar-refractivity contribution >= 4 is 15.9 Å². The fourth-order valence-electron chi connectivity index (χ4n) is 0.687. The summed E-state index contributed by atoms with van der Waals surface area (Å²) in [5, 5.41) is 0. The normalized spacial score (nSPS) is 11.6. The average Bonchev–Trinajstić information content (AvgIpc) is 2.05. The SMILES string of the molecule is CN(C)S(=O)(=O)Nc1[c]cccc1. The lowest BCUT2D eigenvalue weighted by atomic mass is 10.3. The van der Waals surface area contributed by atoms with E-state index < -0.39 is 10.2 Å². The standard InChI is InChI=1S/C8H11N2O2S/c1-10(2)13(11,12)9-8-6-4-3-5-7-8/h3-6,9H,1-2H3. The molecule has 0 fully saturated rings. The Balaban J connectivity index is 2.82. The van der Waals surface area contributed by atoms with Gasteiger partial charge < -0.3 is 0 Å². The summed E-state index contributed by atoms with van der Waals surface area (Å²) >= 11 is 0. The number of anilines is 1. The molecule has 1 radical (unpaired) electrons. The van der Waals surface area contributed by atoms with E-state index in [1.807, 2.05) is 0 Å². The molecule has 0 atom stereocenters. The van der Waals surface area contributed by atoms with Gasteiger partial charge in [0.25, 0.3) is 0 Å². The summed E-state index contributed by atoms with van der Waals surface area (Å²) in [5.41, 5.74) is 0.441. The van der Waals surface area contributed by atoms with Crippen LogP contribution in [0.25, 0.3) is 0 Å². The van der Waals surface area contributed by atoms with Gasteiger partial charge in [-0.3, -0.25) is 4.72 Å². The van der Waals surface area contributed by atoms with Crippen LogP contribution >= 0.6 is 0 Å². The first-order chi connectivity index (χ1) is 6.02. The molecule has 13 heavy (non-hydrogen) atoms. The van der Waals surface area contributed by atoms with Gasteiger partial charge in [-0.05, 0) is 6.07 Å². The summed E-state index contributed by atoms with van der Waals surface area (Å²) in [6, 6.07) is 9.56. The predicted molar refractivity (Wildman–Crippen MR) is 51.5 cm³/mol. The third-order valence-corrected chi connectivity index (χ3v) is 2.87. The van der Waals surface area contributed by atoms with Crippen LogP contribution in [0.1, 0.15) is 0 Å². The summed E-state index contributed by atoms with van der Waals surface area (Å²) in [4.78, 5) is 0. The van der Waals surface area contributed by atoms with Crippen molar-refractivity contribution in [3.05, 3.63) is 30.3 Å². The summed E-state index contributed by atoms with van der Waals surface area (Å²) in [7, 11) is -0.472. The third-order valence-electron chi connectivity index (χ3n) is 1.43. The van der Waals surface area contributed by atoms with Gasteiger partial charge in [0.2, 0.25) is 0 Å². The molecule has 0 saturated heterocycles. The first kappa shape index (κ1) is 10.0. The molecule has 0 amide bonds. The second-order valence-corrected chi connectivity index (χ2v) is 4.55. The van der Waals surface area contributed by atoms with Crippen molar-refractivity contribution in [3.8, 4) is 0 Å². The summed E-state index contributed by atoms with van der Waals surface area (Å²) in [5.74, 6) is 0. The lowest BCUT2D eigenvalue weighted by molar-refractivity contribution is 0.527. The second kappa shape index (κ2) is 3.76. The zero-order valence-electron chi connectivity index (χ0n) is 7.48. The zero-order valence-corrected chi connectivity index (χ0v) is 8.30. The highest BCUT2D eigenvalue weighted by Crippen LogP contribution is 2.07. The predicted octanol–water partition coefficient (Wildman–Crippen LogP) is 0.705. The van der Waals surface area contributed by atoms with E-state index in [4.69, 9.17) is 0 Å². The van der Waals surface area contributed by atoms with E-state index in [1.165, 1.54) is 14.1 Å². The number of nitrogens with zero attached hydrogens (tertiary/aromatic N) is 1. The molecule has 1 N–H and O–H groups in total. The van der Waals surface area contributed by atoms with Crippen LogP contribution in [0.15, 0.2) is 24.3 Å². The Bertz CT molecular complexity index is 359. The summed E-state index contributed by atoms with van der Waals surface area (Å²) in [6.45, 7) is 0. The van der Waals surface area contributed by atoms with Crippen molar-refractivity contribution in [2.45, 2.75) is 0 Å². The maximum atomic E-state index is 11.3. The van der Waals surface area contributed by atoms with Crippen LogP contribution in [-0.4, -0.2) is 26.8 Å². The molecule has 0 heterocycles. The van der Waals surface area contributed by atoms with Crippen LogP contribution in [0.2, 0.25) is 0 Å². The molecule has 0 bridgehead atoms. The Morgan fingerprint density at radius 1 is 1.38 bits per heavy atom. The van der Waals surface area contributed by atoms with Gasteiger partial charge in [-0.15, -0.1) is 0 Å². The fourth-order valence-corrected chi connectivity index (χ4v) is 1.27. The quantitative estimate of drug-likeness (QED) is 0.779. The summed E-state index contributed by atoms with van der Waals surface area (Å²) < 4.78 is 26.1. The largest absolute Gasteiger partial charge is 0.301 e. The first-order valence-corrected chi connectivity index (χ1v) is 5.13. The highest BCUT2D eigenvalue weighted by molar-refractivity contribution is 7.90. The van der Waals surface area contributed by atoms with Crippen molar-refractivity contribution in [1.29, 1.82) is 0 Å². The van der Waals surface area contributed by atoms with Gasteiger partial charge in [0.05, 0.1) is 5.69 Å². The van der Waals surface area contributed by atoms with E-state index >= 15 is 0 Å². The van der Waals surface area contributed by atoms with E-state index in [9.17, 15) is 8.42 Å². The molecular weight excluding hydrogens is 188 g/mol. The van der Waals surface area contributed by atoms with Crippen LogP contribution < -0.4 is 4.72 Å². The lowest BCUT2D eigenvalue weighted by Crippen LogP contribution is -2.28. The number of nitrogens with one attached hydrogen (secondary N) is 1.